The quantitative estimate of drug-likeness (QED) is 0.0359. The first-order chi connectivity index (χ1) is 67.3. The van der Waals surface area contributed by atoms with Crippen molar-refractivity contribution in [3.8, 4) is 52.2 Å². The van der Waals surface area contributed by atoms with Gasteiger partial charge in [0, 0.05) is 101 Å². The summed E-state index contributed by atoms with van der Waals surface area (Å²) in [5.74, 6) is -7.28. The number of halogens is 5. The maximum Gasteiger partial charge on any atom is 0.339 e. The van der Waals surface area contributed by atoms with Gasteiger partial charge in [0.25, 0.3) is 0 Å². The lowest BCUT2D eigenvalue weighted by molar-refractivity contribution is -0.120. The van der Waals surface area contributed by atoms with Crippen molar-refractivity contribution in [3.05, 3.63) is 377 Å². The number of hydrogen-bond donors (Lipinski definition) is 10. The van der Waals surface area contributed by atoms with Crippen LogP contribution in [0, 0.1) is 37.5 Å². The van der Waals surface area contributed by atoms with Crippen molar-refractivity contribution in [2.75, 3.05) is 26.6 Å². The normalized spacial score (nSPS) is 14.9. The fraction of sp³-hybridized carbons (Fsp3) is 0.157. The summed E-state index contributed by atoms with van der Waals surface area (Å²) in [5, 5.41) is 73.9. The molecule has 0 fully saturated rings. The molecule has 4 atom stereocenters. The number of carboxylic acids is 5. The lowest BCUT2D eigenvalue weighted by Crippen LogP contribution is -2.31. The molecule has 3 unspecified atom stereocenters. The Hall–Kier alpha value is -13.7. The molecular formula is C108H85Cl5N6O16S5. The molecule has 15 aromatic rings. The molecule has 32 heteroatoms. The van der Waals surface area contributed by atoms with Crippen molar-refractivity contribution in [2.45, 2.75) is 84.7 Å². The van der Waals surface area contributed by atoms with Gasteiger partial charge in [-0.05, 0) is 204 Å². The molecule has 10 N–H and O–H groups in total. The number of Topliss-reactive ketones (excluding diaryl/α,β-unsaturated/α-hetero) is 1. The van der Waals surface area contributed by atoms with Gasteiger partial charge in [-0.25, -0.2) is 28.8 Å². The molecular weight excluding hydrogens is 1970 g/mol. The molecule has 0 spiro atoms. The van der Waals surface area contributed by atoms with E-state index in [9.17, 15) is 78.3 Å². The molecule has 22 nitrogen and oxygen atoms in total. The lowest BCUT2D eigenvalue weighted by atomic mass is 9.82. The highest BCUT2D eigenvalue weighted by atomic mass is 35.5. The van der Waals surface area contributed by atoms with Crippen LogP contribution >= 0.6 is 115 Å². The summed E-state index contributed by atoms with van der Waals surface area (Å²) in [7, 11) is 0. The van der Waals surface area contributed by atoms with E-state index in [4.69, 9.17) is 58.0 Å². The third kappa shape index (κ3) is 23.2. The predicted molar refractivity (Wildman–Crippen MR) is 557 cm³/mol. The average Bonchev–Trinajstić information content (AvgIpc) is 1.70. The number of rotatable bonds is 19. The monoisotopic (exact) mass is 2060 g/mol. The number of aromatic carboxylic acids is 5. The number of aryl methyl sites for hydroxylation is 3. The van der Waals surface area contributed by atoms with Crippen molar-refractivity contribution < 1.29 is 78.3 Å². The van der Waals surface area contributed by atoms with Crippen LogP contribution in [0.1, 0.15) is 136 Å². The maximum absolute atomic E-state index is 12.8. The lowest BCUT2D eigenvalue weighted by Gasteiger charge is -2.23. The number of fused-ring (bicyclic) bond motifs is 5. The molecule has 5 aliphatic rings. The Balaban J connectivity index is 0.000000126. The van der Waals surface area contributed by atoms with E-state index < -0.39 is 35.8 Å². The standard InChI is InChI=1S/C22H16ClNO4S.3C22H18ClNO3S.C20H15ClN2O3S/c23-15-7-5-12(6-8-15)20-19(22(27)28)17(11-29-20)24-21(26)14-9-13-3-1-2-4-16(13)18(25)10-14;2*1-12-2-3-14-9-16(10-15(14)8-12)21(25)24-18-11-28-20(19(18)22(26)27)13-4-6-17(23)7-5-13;23-17-9-7-14(8-10-17)20-19(22(26)27)18(12-28-20)24-21(25)16-6-5-13-3-1-2-4-15(13)11-16;21-15-7-5-12(6-8-15)18-17(19(24)25)16(11-27-18)22-20(26)23-9-13-3-1-2-4-14(13)10-23/h1-8,11,14H,9-10H2,(H,24,26)(H,27,28);2*2-8,11,16H,9-10H2,1H3,(H,24,25)(H,26,27);1-4,7-10,12,16H,5-6,11H2,(H,24,25)(H,26,27);1-8,11H,9-10H2,(H,22,26)(H,24,25)/t;;;16-;/m...0./s1. The highest BCUT2D eigenvalue weighted by molar-refractivity contribution is 7.16. The smallest absolute Gasteiger partial charge is 0.339 e. The Morgan fingerprint density at radius 3 is 0.879 bits per heavy atom. The van der Waals surface area contributed by atoms with Crippen LogP contribution in [0.2, 0.25) is 25.1 Å². The van der Waals surface area contributed by atoms with Crippen molar-refractivity contribution in [1.29, 1.82) is 0 Å². The molecule has 0 saturated heterocycles. The summed E-state index contributed by atoms with van der Waals surface area (Å²) in [4.78, 5) is 140. The zero-order valence-corrected chi connectivity index (χ0v) is 82.4. The van der Waals surface area contributed by atoms with Gasteiger partial charge in [0.05, 0.1) is 52.8 Å². The number of benzene rings is 10. The number of amides is 6. The van der Waals surface area contributed by atoms with E-state index in [-0.39, 0.29) is 93.1 Å². The molecule has 4 aliphatic carbocycles. The molecule has 0 saturated carbocycles. The summed E-state index contributed by atoms with van der Waals surface area (Å²) >= 11 is 36.0. The fourth-order valence-electron chi connectivity index (χ4n) is 17.6. The molecule has 0 bridgehead atoms. The van der Waals surface area contributed by atoms with Crippen LogP contribution in [0.25, 0.3) is 52.2 Å². The fourth-order valence-corrected chi connectivity index (χ4v) is 23.2. The minimum atomic E-state index is -1.13. The number of carbonyl (C=O) groups is 11. The number of ketones is 1. The van der Waals surface area contributed by atoms with Crippen LogP contribution in [0.4, 0.5) is 33.2 Å². The van der Waals surface area contributed by atoms with Crippen LogP contribution in [0.15, 0.2) is 257 Å². The molecule has 708 valence electrons. The van der Waals surface area contributed by atoms with E-state index in [1.54, 1.807) is 165 Å². The summed E-state index contributed by atoms with van der Waals surface area (Å²) in [6.07, 6.45) is 5.58. The van der Waals surface area contributed by atoms with E-state index in [2.05, 4.69) is 75.1 Å². The average molecular weight is 2060 g/mol. The Bertz CT molecular complexity index is 7140. The summed E-state index contributed by atoms with van der Waals surface area (Å²) in [5.41, 5.74) is 19.2. The van der Waals surface area contributed by atoms with E-state index in [0.29, 0.717) is 135 Å². The van der Waals surface area contributed by atoms with Crippen molar-refractivity contribution in [2.24, 2.45) is 23.7 Å². The van der Waals surface area contributed by atoms with Crippen LogP contribution in [-0.2, 0) is 77.2 Å². The summed E-state index contributed by atoms with van der Waals surface area (Å²) in [6, 6.07) is 70.3. The molecule has 1 aliphatic heterocycles. The zero-order valence-electron chi connectivity index (χ0n) is 74.5. The maximum atomic E-state index is 12.8. The second kappa shape index (κ2) is 44.2. The van der Waals surface area contributed by atoms with Crippen LogP contribution < -0.4 is 26.6 Å². The van der Waals surface area contributed by atoms with Gasteiger partial charge in [-0.2, -0.15) is 0 Å². The summed E-state index contributed by atoms with van der Waals surface area (Å²) in [6.45, 7) is 5.10. The molecule has 140 heavy (non-hydrogen) atoms. The SMILES string of the molecule is Cc1ccc2c(c1)CC(C(=O)Nc1csc(-c3ccc(Cl)cc3)c1C(=O)O)C2.Cc1ccc2c(c1)CC(C(=O)Nc1csc(-c3ccc(Cl)cc3)c1C(=O)O)C2.O=C(O)c1c(NC(=O)N2Cc3ccccc3C2)csc1-c1ccc(Cl)cc1.O=C(O)c1c(NC(=O)[C@H]2CCc3ccccc3C2)csc1-c1ccc(Cl)cc1.O=C1CC(C(=O)Nc2csc(-c3ccc(Cl)cc3)c2C(=O)O)Cc2ccccc21. The van der Waals surface area contributed by atoms with Gasteiger partial charge in [-0.15, -0.1) is 56.7 Å². The second-order valence-corrected chi connectivity index (χ2v) is 40.6. The van der Waals surface area contributed by atoms with Gasteiger partial charge >= 0.3 is 35.9 Å². The van der Waals surface area contributed by atoms with Gasteiger partial charge in [-0.1, -0.05) is 239 Å². The van der Waals surface area contributed by atoms with E-state index in [0.717, 1.165) is 51.8 Å². The number of nitrogens with one attached hydrogen (secondary N) is 5. The Morgan fingerprint density at radius 1 is 0.293 bits per heavy atom. The van der Waals surface area contributed by atoms with Gasteiger partial charge in [0.15, 0.2) is 5.78 Å². The third-order valence-corrected chi connectivity index (χ3v) is 31.0. The second-order valence-electron chi connectivity index (χ2n) is 34.0. The van der Waals surface area contributed by atoms with Crippen molar-refractivity contribution in [1.82, 2.24) is 4.90 Å². The molecule has 6 amide bonds. The molecule has 0 radical (unpaired) electrons. The minimum absolute atomic E-state index is 0.0354. The van der Waals surface area contributed by atoms with E-state index >= 15 is 0 Å². The largest absolute Gasteiger partial charge is 0.478 e. The van der Waals surface area contributed by atoms with E-state index in [1.165, 1.54) is 101 Å². The Labute approximate surface area is 848 Å². The van der Waals surface area contributed by atoms with Gasteiger partial charge < -0.3 is 57.0 Å². The molecule has 10 aromatic carbocycles. The van der Waals surface area contributed by atoms with Crippen LogP contribution in [0.3, 0.4) is 0 Å². The summed E-state index contributed by atoms with van der Waals surface area (Å²) < 4.78 is 0. The van der Waals surface area contributed by atoms with Crippen molar-refractivity contribution >= 4 is 208 Å². The number of carboxylic acid groups (broad SMARTS) is 5. The number of hydrogen-bond acceptors (Lipinski definition) is 16. The predicted octanol–water partition coefficient (Wildman–Crippen LogP) is 26.8. The van der Waals surface area contributed by atoms with Gasteiger partial charge in [-0.3, -0.25) is 24.0 Å². The Kier molecular flexibility index (Phi) is 31.4. The van der Waals surface area contributed by atoms with Gasteiger partial charge in [0.2, 0.25) is 23.6 Å². The molecule has 20 rings (SSSR count). The first-order valence-corrected chi connectivity index (χ1v) is 50.4. The molecule has 5 aromatic heterocycles. The van der Waals surface area contributed by atoms with Crippen LogP contribution in [0.5, 0.6) is 0 Å². The topological polar surface area (TPSA) is 352 Å². The number of nitrogens with zero attached hydrogens (tertiary/aromatic N) is 1. The minimum Gasteiger partial charge on any atom is -0.478 e. The van der Waals surface area contributed by atoms with Crippen LogP contribution in [-0.4, -0.2) is 95.7 Å². The zero-order chi connectivity index (χ0) is 98.9. The van der Waals surface area contributed by atoms with Crippen molar-refractivity contribution in [3.63, 3.8) is 0 Å². The number of thiophene rings is 5. The molecule has 6 heterocycles. The first-order valence-electron chi connectivity index (χ1n) is 44.1. The third-order valence-electron chi connectivity index (χ3n) is 24.6. The highest BCUT2D eigenvalue weighted by Gasteiger charge is 2.36. The van der Waals surface area contributed by atoms with E-state index in [1.807, 2.05) is 62.4 Å². The Morgan fingerprint density at radius 2 is 0.550 bits per heavy atom. The first kappa shape index (κ1) is 99.3. The van der Waals surface area contributed by atoms with Gasteiger partial charge in [0.1, 0.15) is 27.8 Å². The number of urea groups is 1. The highest BCUT2D eigenvalue weighted by Crippen LogP contribution is 2.45. The number of anilines is 5. The number of carbonyl (C=O) groups excluding carboxylic acids is 6.